The quantitative estimate of drug-likeness (QED) is 0.433. The number of alkyl halides is 1. The van der Waals surface area contributed by atoms with Crippen LogP contribution >= 0.6 is 15.9 Å². The Bertz CT molecular complexity index is 142. The maximum atomic E-state index is 5.46. The van der Waals surface area contributed by atoms with Gasteiger partial charge in [0.1, 0.15) is 0 Å². The van der Waals surface area contributed by atoms with Crippen molar-refractivity contribution < 1.29 is 14.2 Å². The molecule has 98 valence electrons. The largest absolute Gasteiger partial charge is 0.382 e. The second kappa shape index (κ2) is 11.8. The molecule has 0 bridgehead atoms. The molecule has 0 saturated heterocycles. The second-order valence-corrected chi connectivity index (χ2v) is 5.30. The van der Waals surface area contributed by atoms with Gasteiger partial charge >= 0.3 is 0 Å². The van der Waals surface area contributed by atoms with Crippen molar-refractivity contribution in [1.82, 2.24) is 0 Å². The van der Waals surface area contributed by atoms with E-state index in [0.717, 1.165) is 13.0 Å². The van der Waals surface area contributed by atoms with Gasteiger partial charge in [0.15, 0.2) is 0 Å². The third-order valence-electron chi connectivity index (χ3n) is 2.30. The van der Waals surface area contributed by atoms with E-state index in [0.29, 0.717) is 37.2 Å². The molecule has 0 aliphatic rings. The molecule has 4 heteroatoms. The lowest BCUT2D eigenvalue weighted by atomic mass is 10.1. The lowest BCUT2D eigenvalue weighted by Crippen LogP contribution is -2.11. The Balaban J connectivity index is 3.04. The van der Waals surface area contributed by atoms with E-state index in [9.17, 15) is 0 Å². The molecule has 0 aromatic rings. The number of methoxy groups -OCH3 is 1. The van der Waals surface area contributed by atoms with Crippen molar-refractivity contribution in [2.24, 2.45) is 5.92 Å². The van der Waals surface area contributed by atoms with Gasteiger partial charge in [0, 0.05) is 18.5 Å². The highest BCUT2D eigenvalue weighted by Crippen LogP contribution is 2.17. The molecule has 0 heterocycles. The summed E-state index contributed by atoms with van der Waals surface area (Å²) in [5.74, 6) is 0.692. The monoisotopic (exact) mass is 296 g/mol. The molecule has 0 rings (SSSR count). The Kier molecular flexibility index (Phi) is 12.1. The maximum Gasteiger partial charge on any atom is 0.0701 e. The van der Waals surface area contributed by atoms with E-state index in [1.54, 1.807) is 7.11 Å². The predicted molar refractivity (Wildman–Crippen MR) is 70.3 cm³/mol. The maximum absolute atomic E-state index is 5.46. The zero-order valence-corrected chi connectivity index (χ0v) is 12.3. The number of ether oxygens (including phenoxy) is 3. The summed E-state index contributed by atoms with van der Waals surface area (Å²) in [5.41, 5.74) is 0. The van der Waals surface area contributed by atoms with Crippen molar-refractivity contribution in [3.05, 3.63) is 0 Å². The predicted octanol–water partition coefficient (Wildman–Crippen LogP) is 2.87. The molecule has 0 radical (unpaired) electrons. The van der Waals surface area contributed by atoms with E-state index in [1.165, 1.54) is 6.42 Å². The fraction of sp³-hybridized carbons (Fsp3) is 1.00. The van der Waals surface area contributed by atoms with E-state index in [2.05, 4.69) is 29.8 Å². The highest BCUT2D eigenvalue weighted by atomic mass is 79.9. The lowest BCUT2D eigenvalue weighted by molar-refractivity contribution is 0.0239. The molecule has 3 nitrogen and oxygen atoms in total. The first-order valence-electron chi connectivity index (χ1n) is 5.97. The highest BCUT2D eigenvalue weighted by Gasteiger charge is 2.07. The van der Waals surface area contributed by atoms with E-state index in [4.69, 9.17) is 14.2 Å². The second-order valence-electron chi connectivity index (χ2n) is 4.12. The molecular weight excluding hydrogens is 272 g/mol. The summed E-state index contributed by atoms with van der Waals surface area (Å²) in [6.07, 6.45) is 2.27. The molecule has 0 aromatic heterocycles. The van der Waals surface area contributed by atoms with E-state index >= 15 is 0 Å². The van der Waals surface area contributed by atoms with Crippen molar-refractivity contribution in [3.63, 3.8) is 0 Å². The number of rotatable bonds is 11. The average Bonchev–Trinajstić information content (AvgIpc) is 2.26. The zero-order chi connectivity index (χ0) is 12.2. The molecule has 0 fully saturated rings. The fourth-order valence-electron chi connectivity index (χ4n) is 1.18. The molecule has 1 unspecified atom stereocenters. The normalized spacial score (nSPS) is 13.3. The van der Waals surface area contributed by atoms with Gasteiger partial charge in [-0.15, -0.1) is 0 Å². The number of hydrogen-bond donors (Lipinski definition) is 0. The van der Waals surface area contributed by atoms with E-state index in [-0.39, 0.29) is 0 Å². The van der Waals surface area contributed by atoms with Gasteiger partial charge in [-0.2, -0.15) is 0 Å². The first-order chi connectivity index (χ1) is 7.68. The van der Waals surface area contributed by atoms with Gasteiger partial charge in [0.2, 0.25) is 0 Å². The van der Waals surface area contributed by atoms with Crippen molar-refractivity contribution in [2.75, 3.05) is 40.1 Å². The Hall–Kier alpha value is 0.360. The standard InChI is InChI=1S/C12H25BrO3/c1-11(2)12(13)5-4-6-15-9-10-16-8-7-14-3/h11-12H,4-10H2,1-3H3. The van der Waals surface area contributed by atoms with Gasteiger partial charge in [-0.05, 0) is 18.8 Å². The van der Waals surface area contributed by atoms with Crippen LogP contribution in [0, 0.1) is 5.92 Å². The van der Waals surface area contributed by atoms with Crippen LogP contribution in [-0.4, -0.2) is 45.0 Å². The summed E-state index contributed by atoms with van der Waals surface area (Å²) < 4.78 is 15.6. The summed E-state index contributed by atoms with van der Waals surface area (Å²) >= 11 is 3.66. The molecule has 0 saturated carbocycles. The van der Waals surface area contributed by atoms with Crippen LogP contribution < -0.4 is 0 Å². The van der Waals surface area contributed by atoms with Gasteiger partial charge in [-0.3, -0.25) is 0 Å². The van der Waals surface area contributed by atoms with Crippen LogP contribution in [0.15, 0.2) is 0 Å². The van der Waals surface area contributed by atoms with Gasteiger partial charge in [-0.1, -0.05) is 29.8 Å². The minimum absolute atomic E-state index is 0.606. The molecule has 1 atom stereocenters. The van der Waals surface area contributed by atoms with Gasteiger partial charge in [-0.25, -0.2) is 0 Å². The van der Waals surface area contributed by atoms with Gasteiger partial charge < -0.3 is 14.2 Å². The van der Waals surface area contributed by atoms with E-state index in [1.807, 2.05) is 0 Å². The summed E-state index contributed by atoms with van der Waals surface area (Å²) in [5, 5.41) is 0. The van der Waals surface area contributed by atoms with Crippen molar-refractivity contribution >= 4 is 15.9 Å². The molecule has 0 aromatic carbocycles. The molecule has 0 spiro atoms. The summed E-state index contributed by atoms with van der Waals surface area (Å²) in [6, 6.07) is 0. The Morgan fingerprint density at radius 2 is 1.50 bits per heavy atom. The fourth-order valence-corrected chi connectivity index (χ4v) is 1.50. The molecular formula is C12H25BrO3. The van der Waals surface area contributed by atoms with Crippen LogP contribution in [0.4, 0.5) is 0 Å². The minimum Gasteiger partial charge on any atom is -0.382 e. The molecule has 0 aliphatic heterocycles. The van der Waals surface area contributed by atoms with Crippen LogP contribution in [0.5, 0.6) is 0 Å². The lowest BCUT2D eigenvalue weighted by Gasteiger charge is -2.13. The molecule has 0 aliphatic carbocycles. The number of halogens is 1. The van der Waals surface area contributed by atoms with E-state index < -0.39 is 0 Å². The average molecular weight is 297 g/mol. The first-order valence-corrected chi connectivity index (χ1v) is 6.88. The topological polar surface area (TPSA) is 27.7 Å². The smallest absolute Gasteiger partial charge is 0.0701 e. The number of hydrogen-bond acceptors (Lipinski definition) is 3. The van der Waals surface area contributed by atoms with Crippen molar-refractivity contribution in [2.45, 2.75) is 31.5 Å². The highest BCUT2D eigenvalue weighted by molar-refractivity contribution is 9.09. The van der Waals surface area contributed by atoms with Crippen molar-refractivity contribution in [3.8, 4) is 0 Å². The summed E-state index contributed by atoms with van der Waals surface area (Å²) in [6.45, 7) is 7.91. The zero-order valence-electron chi connectivity index (χ0n) is 10.7. The molecule has 0 N–H and O–H groups in total. The first kappa shape index (κ1) is 16.4. The minimum atomic E-state index is 0.606. The van der Waals surface area contributed by atoms with Crippen molar-refractivity contribution in [1.29, 1.82) is 0 Å². The summed E-state index contributed by atoms with van der Waals surface area (Å²) in [7, 11) is 1.67. The van der Waals surface area contributed by atoms with Crippen LogP contribution in [0.1, 0.15) is 26.7 Å². The Morgan fingerprint density at radius 3 is 2.06 bits per heavy atom. The van der Waals surface area contributed by atoms with Crippen LogP contribution in [0.25, 0.3) is 0 Å². The van der Waals surface area contributed by atoms with Crippen LogP contribution in [0.3, 0.4) is 0 Å². The third kappa shape index (κ3) is 10.9. The van der Waals surface area contributed by atoms with Crippen LogP contribution in [-0.2, 0) is 14.2 Å². The Labute approximate surface area is 108 Å². The van der Waals surface area contributed by atoms with Gasteiger partial charge in [0.05, 0.1) is 26.4 Å². The molecule has 16 heavy (non-hydrogen) atoms. The van der Waals surface area contributed by atoms with Gasteiger partial charge in [0.25, 0.3) is 0 Å². The third-order valence-corrected chi connectivity index (χ3v) is 3.81. The SMILES string of the molecule is COCCOCCOCCCC(Br)C(C)C. The summed E-state index contributed by atoms with van der Waals surface area (Å²) in [4.78, 5) is 0.606. The molecule has 0 amide bonds. The Morgan fingerprint density at radius 1 is 0.938 bits per heavy atom. The van der Waals surface area contributed by atoms with Crippen LogP contribution in [0.2, 0.25) is 0 Å².